The monoisotopic (exact) mass is 324 g/mol. The number of carbonyl (C=O) groups excluding carboxylic acids is 2. The molecular formula is C19H20N2O3. The quantitative estimate of drug-likeness (QED) is 0.884. The van der Waals surface area contributed by atoms with Crippen molar-refractivity contribution in [3.63, 3.8) is 0 Å². The Morgan fingerprint density at radius 2 is 1.96 bits per heavy atom. The molecule has 0 radical (unpaired) electrons. The van der Waals surface area contributed by atoms with Gasteiger partial charge in [0.15, 0.2) is 6.61 Å². The average Bonchev–Trinajstić information content (AvgIpc) is 2.61. The largest absolute Gasteiger partial charge is 0.484 e. The fourth-order valence-corrected chi connectivity index (χ4v) is 2.73. The molecule has 0 saturated heterocycles. The van der Waals surface area contributed by atoms with Gasteiger partial charge in [-0.1, -0.05) is 35.9 Å². The number of fused-ring (bicyclic) bond motifs is 1. The summed E-state index contributed by atoms with van der Waals surface area (Å²) in [5.41, 5.74) is 2.80. The van der Waals surface area contributed by atoms with Crippen LogP contribution in [-0.2, 0) is 4.79 Å². The van der Waals surface area contributed by atoms with E-state index < -0.39 is 0 Å². The fraction of sp³-hybridized carbons (Fsp3) is 0.263. The molecule has 5 heteroatoms. The van der Waals surface area contributed by atoms with Gasteiger partial charge in [0, 0.05) is 24.6 Å². The lowest BCUT2D eigenvalue weighted by Gasteiger charge is -2.25. The third-order valence-corrected chi connectivity index (χ3v) is 4.09. The Labute approximate surface area is 141 Å². The minimum Gasteiger partial charge on any atom is -0.484 e. The van der Waals surface area contributed by atoms with E-state index in [4.69, 9.17) is 4.74 Å². The number of aryl methyl sites for hydroxylation is 1. The van der Waals surface area contributed by atoms with Crippen LogP contribution in [-0.4, -0.2) is 31.5 Å². The molecular weight excluding hydrogens is 304 g/mol. The molecule has 0 spiro atoms. The lowest BCUT2D eigenvalue weighted by atomic mass is 9.90. The van der Waals surface area contributed by atoms with Gasteiger partial charge in [0.1, 0.15) is 5.75 Å². The summed E-state index contributed by atoms with van der Waals surface area (Å²) in [7, 11) is 0. The zero-order chi connectivity index (χ0) is 16.9. The molecule has 2 aromatic rings. The van der Waals surface area contributed by atoms with Crippen molar-refractivity contribution in [2.45, 2.75) is 12.8 Å². The van der Waals surface area contributed by atoms with Crippen molar-refractivity contribution in [2.24, 2.45) is 0 Å². The SMILES string of the molecule is Cc1ccc(OCC(=O)NCC2CNC(=O)c3ccccc32)cc1. The van der Waals surface area contributed by atoms with Gasteiger partial charge in [-0.05, 0) is 30.7 Å². The number of carbonyl (C=O) groups is 2. The van der Waals surface area contributed by atoms with Crippen molar-refractivity contribution in [1.82, 2.24) is 10.6 Å². The standard InChI is InChI=1S/C19H20N2O3/c1-13-6-8-15(9-7-13)24-12-18(22)20-10-14-11-21-19(23)17-5-3-2-4-16(14)17/h2-9,14H,10-12H2,1H3,(H,20,22)(H,21,23). The van der Waals surface area contributed by atoms with E-state index in [-0.39, 0.29) is 24.3 Å². The van der Waals surface area contributed by atoms with Gasteiger partial charge in [-0.2, -0.15) is 0 Å². The van der Waals surface area contributed by atoms with Crippen LogP contribution in [0.15, 0.2) is 48.5 Å². The van der Waals surface area contributed by atoms with E-state index in [9.17, 15) is 9.59 Å². The average molecular weight is 324 g/mol. The fourth-order valence-electron chi connectivity index (χ4n) is 2.73. The van der Waals surface area contributed by atoms with Crippen molar-refractivity contribution in [1.29, 1.82) is 0 Å². The Kier molecular flexibility index (Phi) is 4.79. The van der Waals surface area contributed by atoms with E-state index in [1.165, 1.54) is 0 Å². The summed E-state index contributed by atoms with van der Waals surface area (Å²) >= 11 is 0. The zero-order valence-corrected chi connectivity index (χ0v) is 13.5. The van der Waals surface area contributed by atoms with E-state index in [0.717, 1.165) is 11.1 Å². The number of benzene rings is 2. The Morgan fingerprint density at radius 1 is 1.21 bits per heavy atom. The second-order valence-corrected chi connectivity index (χ2v) is 5.90. The number of hydrogen-bond donors (Lipinski definition) is 2. The number of nitrogens with one attached hydrogen (secondary N) is 2. The van der Waals surface area contributed by atoms with E-state index in [0.29, 0.717) is 24.4 Å². The Bertz CT molecular complexity index is 741. The third kappa shape index (κ3) is 3.74. The lowest BCUT2D eigenvalue weighted by Crippen LogP contribution is -2.41. The Balaban J connectivity index is 1.52. The second-order valence-electron chi connectivity index (χ2n) is 5.90. The maximum Gasteiger partial charge on any atom is 0.257 e. The second kappa shape index (κ2) is 7.17. The minimum absolute atomic E-state index is 0.0240. The molecule has 0 fully saturated rings. The highest BCUT2D eigenvalue weighted by atomic mass is 16.5. The van der Waals surface area contributed by atoms with Gasteiger partial charge >= 0.3 is 0 Å². The van der Waals surface area contributed by atoms with Crippen LogP contribution in [0.5, 0.6) is 5.75 Å². The number of rotatable bonds is 5. The molecule has 0 aliphatic carbocycles. The first-order valence-electron chi connectivity index (χ1n) is 7.97. The molecule has 2 amide bonds. The van der Waals surface area contributed by atoms with E-state index in [1.54, 1.807) is 6.07 Å². The molecule has 2 aromatic carbocycles. The lowest BCUT2D eigenvalue weighted by molar-refractivity contribution is -0.123. The van der Waals surface area contributed by atoms with Gasteiger partial charge in [0.2, 0.25) is 0 Å². The summed E-state index contributed by atoms with van der Waals surface area (Å²) in [5, 5.41) is 5.73. The van der Waals surface area contributed by atoms with Crippen molar-refractivity contribution < 1.29 is 14.3 Å². The van der Waals surface area contributed by atoms with Crippen molar-refractivity contribution >= 4 is 11.8 Å². The van der Waals surface area contributed by atoms with Crippen LogP contribution in [0.3, 0.4) is 0 Å². The topological polar surface area (TPSA) is 67.4 Å². The zero-order valence-electron chi connectivity index (χ0n) is 13.5. The molecule has 24 heavy (non-hydrogen) atoms. The summed E-state index contributed by atoms with van der Waals surface area (Å²) in [5.74, 6) is 0.508. The summed E-state index contributed by atoms with van der Waals surface area (Å²) in [6, 6.07) is 15.1. The van der Waals surface area contributed by atoms with E-state index in [1.807, 2.05) is 49.4 Å². The number of amides is 2. The minimum atomic E-state index is -0.176. The Hall–Kier alpha value is -2.82. The Morgan fingerprint density at radius 3 is 2.75 bits per heavy atom. The highest BCUT2D eigenvalue weighted by Gasteiger charge is 2.24. The molecule has 1 heterocycles. The molecule has 1 unspecified atom stereocenters. The molecule has 2 N–H and O–H groups in total. The summed E-state index contributed by atoms with van der Waals surface area (Å²) in [6.07, 6.45) is 0. The van der Waals surface area contributed by atoms with Gasteiger partial charge in [-0.3, -0.25) is 9.59 Å². The van der Waals surface area contributed by atoms with Crippen LogP contribution in [0.2, 0.25) is 0 Å². The molecule has 5 nitrogen and oxygen atoms in total. The van der Waals surface area contributed by atoms with Crippen LogP contribution in [0.1, 0.15) is 27.4 Å². The smallest absolute Gasteiger partial charge is 0.257 e. The third-order valence-electron chi connectivity index (χ3n) is 4.09. The molecule has 1 aliphatic heterocycles. The highest BCUT2D eigenvalue weighted by molar-refractivity contribution is 5.97. The molecule has 1 atom stereocenters. The van der Waals surface area contributed by atoms with Gasteiger partial charge in [-0.15, -0.1) is 0 Å². The van der Waals surface area contributed by atoms with Gasteiger partial charge in [0.05, 0.1) is 0 Å². The first-order valence-corrected chi connectivity index (χ1v) is 7.97. The molecule has 0 saturated carbocycles. The van der Waals surface area contributed by atoms with Crippen molar-refractivity contribution in [3.05, 3.63) is 65.2 Å². The first-order chi connectivity index (χ1) is 11.6. The molecule has 1 aliphatic rings. The van der Waals surface area contributed by atoms with E-state index in [2.05, 4.69) is 10.6 Å². The van der Waals surface area contributed by atoms with Crippen LogP contribution in [0, 0.1) is 6.92 Å². The van der Waals surface area contributed by atoms with Crippen LogP contribution in [0.25, 0.3) is 0 Å². The van der Waals surface area contributed by atoms with Crippen LogP contribution in [0.4, 0.5) is 0 Å². The number of ether oxygens (including phenoxy) is 1. The van der Waals surface area contributed by atoms with Crippen molar-refractivity contribution in [2.75, 3.05) is 19.7 Å². The van der Waals surface area contributed by atoms with Crippen LogP contribution >= 0.6 is 0 Å². The van der Waals surface area contributed by atoms with E-state index >= 15 is 0 Å². The predicted molar refractivity (Wildman–Crippen MR) is 91.2 cm³/mol. The summed E-state index contributed by atoms with van der Waals surface area (Å²) in [6.45, 7) is 2.96. The van der Waals surface area contributed by atoms with Gasteiger partial charge < -0.3 is 15.4 Å². The highest BCUT2D eigenvalue weighted by Crippen LogP contribution is 2.23. The molecule has 0 aromatic heterocycles. The van der Waals surface area contributed by atoms with Crippen molar-refractivity contribution in [3.8, 4) is 5.75 Å². The van der Waals surface area contributed by atoms with Gasteiger partial charge in [0.25, 0.3) is 11.8 Å². The summed E-state index contributed by atoms with van der Waals surface area (Å²) < 4.78 is 5.47. The predicted octanol–water partition coefficient (Wildman–Crippen LogP) is 2.02. The maximum absolute atomic E-state index is 12.0. The summed E-state index contributed by atoms with van der Waals surface area (Å²) in [4.78, 5) is 23.8. The molecule has 3 rings (SSSR count). The number of hydrogen-bond acceptors (Lipinski definition) is 3. The van der Waals surface area contributed by atoms with Crippen LogP contribution < -0.4 is 15.4 Å². The maximum atomic E-state index is 12.0. The molecule has 124 valence electrons. The van der Waals surface area contributed by atoms with Gasteiger partial charge in [-0.25, -0.2) is 0 Å². The first kappa shape index (κ1) is 16.1. The molecule has 0 bridgehead atoms. The normalized spacial score (nSPS) is 16.0.